The number of nitrogens with zero attached hydrogens (tertiary/aromatic N) is 1. The molecule has 0 heterocycles. The van der Waals surface area contributed by atoms with Crippen molar-refractivity contribution >= 4 is 0 Å². The molecule has 0 amide bonds. The summed E-state index contributed by atoms with van der Waals surface area (Å²) in [5, 5.41) is 25.5. The van der Waals surface area contributed by atoms with Gasteiger partial charge >= 0.3 is 0 Å². The third kappa shape index (κ3) is 18.7. The maximum atomic E-state index is 8.48. The van der Waals surface area contributed by atoms with E-state index in [-0.39, 0.29) is 152 Å². The van der Waals surface area contributed by atoms with Gasteiger partial charge in [0.05, 0.1) is 19.8 Å². The monoisotopic (exact) mass is 830 g/mol. The third-order valence-electron chi connectivity index (χ3n) is 1.25. The maximum absolute atomic E-state index is 8.48. The molecule has 0 saturated carbocycles. The summed E-state index contributed by atoms with van der Waals surface area (Å²) in [6.07, 6.45) is 0. The fourth-order valence-corrected chi connectivity index (χ4v) is 0.760. The zero-order chi connectivity index (χ0) is 7.82. The number of rotatable bonds is 6. The predicted octanol–water partition coefficient (Wildman–Crippen LogP) is -1.73. The molecular formula is C6H15Ac3NO3. The number of aliphatic hydroxyl groups is 3. The van der Waals surface area contributed by atoms with E-state index in [4.69, 9.17) is 15.3 Å². The van der Waals surface area contributed by atoms with E-state index in [2.05, 4.69) is 0 Å². The fourth-order valence-electron chi connectivity index (χ4n) is 0.760. The Bertz CT molecular complexity index is 65.9. The maximum Gasteiger partial charge on any atom is 0.0558 e. The van der Waals surface area contributed by atoms with Gasteiger partial charge in [0.15, 0.2) is 0 Å². The summed E-state index contributed by atoms with van der Waals surface area (Å²) in [5.41, 5.74) is 0. The largest absolute Gasteiger partial charge is 0.395 e. The van der Waals surface area contributed by atoms with Crippen LogP contribution >= 0.6 is 0 Å². The number of hydrogen-bond acceptors (Lipinski definition) is 4. The van der Waals surface area contributed by atoms with Gasteiger partial charge in [0.2, 0.25) is 0 Å². The van der Waals surface area contributed by atoms with Crippen molar-refractivity contribution in [3.8, 4) is 0 Å². The summed E-state index contributed by atoms with van der Waals surface area (Å²) < 4.78 is 0. The predicted molar refractivity (Wildman–Crippen MR) is 37.7 cm³/mol. The summed E-state index contributed by atoms with van der Waals surface area (Å²) in [4.78, 5) is 1.79. The van der Waals surface area contributed by atoms with Gasteiger partial charge in [0.25, 0.3) is 0 Å². The molecule has 0 saturated heterocycles. The Labute approximate surface area is 187 Å². The van der Waals surface area contributed by atoms with E-state index in [9.17, 15) is 0 Å². The van der Waals surface area contributed by atoms with Crippen molar-refractivity contribution in [1.29, 1.82) is 0 Å². The van der Waals surface area contributed by atoms with E-state index in [0.29, 0.717) is 19.6 Å². The van der Waals surface area contributed by atoms with Crippen LogP contribution in [-0.2, 0) is 0 Å². The minimum Gasteiger partial charge on any atom is -0.395 e. The molecule has 0 aliphatic rings. The van der Waals surface area contributed by atoms with Gasteiger partial charge in [-0.1, -0.05) is 0 Å². The summed E-state index contributed by atoms with van der Waals surface area (Å²) in [5.74, 6) is 0. The Morgan fingerprint density at radius 1 is 0.615 bits per heavy atom. The molecule has 0 aromatic carbocycles. The van der Waals surface area contributed by atoms with Crippen LogP contribution in [0.5, 0.6) is 0 Å². The number of hydrogen-bond donors (Lipinski definition) is 3. The molecule has 71 valence electrons. The second-order valence-corrected chi connectivity index (χ2v) is 2.01. The fraction of sp³-hybridized carbons (Fsp3) is 1.00. The topological polar surface area (TPSA) is 63.9 Å². The molecular weight excluding hydrogens is 815 g/mol. The zero-order valence-corrected chi connectivity index (χ0v) is 22.0. The van der Waals surface area contributed by atoms with Crippen LogP contribution in [0.3, 0.4) is 0 Å². The molecule has 0 fully saturated rings. The van der Waals surface area contributed by atoms with Gasteiger partial charge in [-0.2, -0.15) is 0 Å². The van der Waals surface area contributed by atoms with E-state index in [1.807, 2.05) is 0 Å². The molecule has 0 spiro atoms. The standard InChI is InChI=1S/C6H15NO3.3Ac/c8-4-1-7(2-5-9)3-6-10;;;/h8-10H,1-6H2;;;. The molecule has 0 aliphatic heterocycles. The Hall–Kier alpha value is 4.16. The van der Waals surface area contributed by atoms with Gasteiger partial charge < -0.3 is 15.3 Å². The van der Waals surface area contributed by atoms with E-state index in [0.717, 1.165) is 0 Å². The van der Waals surface area contributed by atoms with Gasteiger partial charge in [0.1, 0.15) is 0 Å². The van der Waals surface area contributed by atoms with Crippen LogP contribution in [0.1, 0.15) is 0 Å². The van der Waals surface area contributed by atoms with E-state index in [1.165, 1.54) is 0 Å². The first kappa shape index (κ1) is 25.9. The van der Waals surface area contributed by atoms with Crippen LogP contribution < -0.4 is 0 Å². The normalized spacial score (nSPS) is 8.31. The van der Waals surface area contributed by atoms with Gasteiger partial charge in [-0.05, 0) is 0 Å². The van der Waals surface area contributed by atoms with E-state index in [1.54, 1.807) is 4.90 Å². The van der Waals surface area contributed by atoms with E-state index < -0.39 is 0 Å². The molecule has 0 aromatic rings. The molecule has 0 aliphatic carbocycles. The Morgan fingerprint density at radius 2 is 0.846 bits per heavy atom. The Balaban J connectivity index is -0.000000135. The SMILES string of the molecule is OCCN(CCO)CCO.[Ac].[Ac].[Ac]. The van der Waals surface area contributed by atoms with Crippen molar-refractivity contribution < 1.29 is 148 Å². The van der Waals surface area contributed by atoms with Crippen molar-refractivity contribution in [2.45, 2.75) is 0 Å². The molecule has 0 bridgehead atoms. The minimum absolute atomic E-state index is 0. The van der Waals surface area contributed by atoms with Crippen LogP contribution in [0, 0.1) is 132 Å². The quantitative estimate of drug-likeness (QED) is 0.298. The van der Waals surface area contributed by atoms with Crippen molar-refractivity contribution in [3.63, 3.8) is 0 Å². The second kappa shape index (κ2) is 21.4. The van der Waals surface area contributed by atoms with Crippen molar-refractivity contribution in [2.24, 2.45) is 0 Å². The minimum atomic E-state index is 0. The molecule has 4 nitrogen and oxygen atoms in total. The summed E-state index contributed by atoms with van der Waals surface area (Å²) in [6, 6.07) is 0. The molecule has 7 heteroatoms. The first-order valence-corrected chi connectivity index (χ1v) is 3.40. The van der Waals surface area contributed by atoms with Gasteiger partial charge in [-0.25, -0.2) is 0 Å². The molecule has 3 N–H and O–H groups in total. The Kier molecular flexibility index (Phi) is 42.7. The average Bonchev–Trinajstić information content (AvgIpc) is 1.90. The summed E-state index contributed by atoms with van der Waals surface area (Å²) in [7, 11) is 0. The van der Waals surface area contributed by atoms with Gasteiger partial charge in [0, 0.05) is 152 Å². The van der Waals surface area contributed by atoms with Crippen molar-refractivity contribution in [3.05, 3.63) is 0 Å². The molecule has 3 radical (unpaired) electrons. The van der Waals surface area contributed by atoms with Crippen molar-refractivity contribution in [1.82, 2.24) is 4.90 Å². The summed E-state index contributed by atoms with van der Waals surface area (Å²) in [6.45, 7) is 1.75. The van der Waals surface area contributed by atoms with Crippen LogP contribution in [0.25, 0.3) is 0 Å². The number of aliphatic hydroxyl groups excluding tert-OH is 3. The molecule has 0 rings (SSSR count). The smallest absolute Gasteiger partial charge is 0.0558 e. The zero-order valence-electron chi connectivity index (χ0n) is 7.76. The third-order valence-corrected chi connectivity index (χ3v) is 1.25. The second-order valence-electron chi connectivity index (χ2n) is 2.01. The molecule has 0 unspecified atom stereocenters. The first-order chi connectivity index (χ1) is 4.85. The molecule has 0 aromatic heterocycles. The Morgan fingerprint density at radius 3 is 1.00 bits per heavy atom. The van der Waals surface area contributed by atoms with Crippen LogP contribution in [0.4, 0.5) is 0 Å². The van der Waals surface area contributed by atoms with Crippen LogP contribution in [0.2, 0.25) is 0 Å². The first-order valence-electron chi connectivity index (χ1n) is 3.40. The average molecular weight is 830 g/mol. The molecule has 0 atom stereocenters. The van der Waals surface area contributed by atoms with E-state index >= 15 is 0 Å². The van der Waals surface area contributed by atoms with Crippen molar-refractivity contribution in [2.75, 3.05) is 39.5 Å². The van der Waals surface area contributed by atoms with Crippen LogP contribution in [0.15, 0.2) is 0 Å². The summed E-state index contributed by atoms with van der Waals surface area (Å²) >= 11 is 0. The van der Waals surface area contributed by atoms with Gasteiger partial charge in [-0.3, -0.25) is 4.90 Å². The van der Waals surface area contributed by atoms with Gasteiger partial charge in [-0.15, -0.1) is 0 Å². The molecule has 13 heavy (non-hydrogen) atoms. The van der Waals surface area contributed by atoms with Crippen LogP contribution in [-0.4, -0.2) is 59.7 Å².